The number of hydrogen-bond acceptors (Lipinski definition) is 1. The van der Waals surface area contributed by atoms with Gasteiger partial charge in [0.2, 0.25) is 0 Å². The lowest BCUT2D eigenvalue weighted by atomic mass is 10.0. The third-order valence-corrected chi connectivity index (χ3v) is 3.73. The van der Waals surface area contributed by atoms with E-state index in [0.717, 1.165) is 12.8 Å². The van der Waals surface area contributed by atoms with Gasteiger partial charge < -0.3 is 5.11 Å². The predicted octanol–water partition coefficient (Wildman–Crippen LogP) is 5.45. The highest BCUT2D eigenvalue weighted by atomic mass is 35.5. The van der Waals surface area contributed by atoms with E-state index in [2.05, 4.69) is 6.58 Å². The summed E-state index contributed by atoms with van der Waals surface area (Å²) in [4.78, 5) is 0. The molecule has 0 saturated carbocycles. The van der Waals surface area contributed by atoms with Crippen molar-refractivity contribution in [3.63, 3.8) is 0 Å². The fourth-order valence-corrected chi connectivity index (χ4v) is 2.31. The monoisotopic (exact) mass is 274 g/mol. The molecular formula is C16H31ClO. The first-order valence-electron chi connectivity index (χ1n) is 7.66. The Balaban J connectivity index is 2.96. The van der Waals surface area contributed by atoms with Gasteiger partial charge in [-0.2, -0.15) is 0 Å². The zero-order valence-electron chi connectivity index (χ0n) is 11.9. The van der Waals surface area contributed by atoms with Crippen LogP contribution in [0.2, 0.25) is 0 Å². The van der Waals surface area contributed by atoms with Crippen molar-refractivity contribution in [2.75, 3.05) is 5.88 Å². The highest BCUT2D eigenvalue weighted by Crippen LogP contribution is 2.12. The van der Waals surface area contributed by atoms with Gasteiger partial charge in [-0.25, -0.2) is 0 Å². The fraction of sp³-hybridized carbons (Fsp3) is 0.875. The Hall–Kier alpha value is -0.0100. The number of aliphatic hydroxyl groups is 1. The summed E-state index contributed by atoms with van der Waals surface area (Å²) in [6.45, 7) is 3.74. The predicted molar refractivity (Wildman–Crippen MR) is 82.3 cm³/mol. The van der Waals surface area contributed by atoms with Gasteiger partial charge in [-0.1, -0.05) is 63.9 Å². The van der Waals surface area contributed by atoms with E-state index in [-0.39, 0.29) is 6.10 Å². The number of alkyl halides is 1. The Morgan fingerprint density at radius 1 is 0.833 bits per heavy atom. The number of halogens is 1. The molecule has 0 aliphatic heterocycles. The van der Waals surface area contributed by atoms with Gasteiger partial charge in [0.25, 0.3) is 0 Å². The first-order valence-corrected chi connectivity index (χ1v) is 8.19. The van der Waals surface area contributed by atoms with E-state index in [1.165, 1.54) is 64.2 Å². The summed E-state index contributed by atoms with van der Waals surface area (Å²) < 4.78 is 0. The summed E-state index contributed by atoms with van der Waals surface area (Å²) in [5, 5.41) is 9.28. The maximum absolute atomic E-state index is 9.28. The van der Waals surface area contributed by atoms with Crippen molar-refractivity contribution >= 4 is 11.6 Å². The van der Waals surface area contributed by atoms with E-state index in [4.69, 9.17) is 11.6 Å². The molecule has 0 bridgehead atoms. The molecule has 1 nitrogen and oxygen atoms in total. The van der Waals surface area contributed by atoms with Crippen molar-refractivity contribution in [2.24, 2.45) is 0 Å². The molecule has 0 aromatic heterocycles. The highest BCUT2D eigenvalue weighted by molar-refractivity contribution is 6.18. The van der Waals surface area contributed by atoms with Crippen LogP contribution in [0, 0.1) is 0 Å². The summed E-state index contributed by atoms with van der Waals surface area (Å²) in [5.74, 6) is 0.381. The van der Waals surface area contributed by atoms with Gasteiger partial charge in [-0.05, 0) is 19.3 Å². The molecule has 0 amide bonds. The first-order chi connectivity index (χ1) is 8.81. The zero-order chi connectivity index (χ0) is 13.5. The maximum Gasteiger partial charge on any atom is 0.0675 e. The van der Waals surface area contributed by atoms with Crippen molar-refractivity contribution in [3.05, 3.63) is 12.7 Å². The van der Waals surface area contributed by atoms with Gasteiger partial charge in [0, 0.05) is 5.88 Å². The lowest BCUT2D eigenvalue weighted by molar-refractivity contribution is 0.183. The van der Waals surface area contributed by atoms with Crippen molar-refractivity contribution in [3.8, 4) is 0 Å². The summed E-state index contributed by atoms with van der Waals surface area (Å²) in [6.07, 6.45) is 17.0. The summed E-state index contributed by atoms with van der Waals surface area (Å²) in [7, 11) is 0. The summed E-state index contributed by atoms with van der Waals surface area (Å²) in [5.41, 5.74) is 0. The van der Waals surface area contributed by atoms with E-state index < -0.39 is 0 Å². The molecule has 0 heterocycles. The lowest BCUT2D eigenvalue weighted by Gasteiger charge is -2.06. The van der Waals surface area contributed by atoms with Crippen LogP contribution >= 0.6 is 11.6 Å². The standard InChI is InChI=1S/C16H31ClO/c1-2-3-4-5-6-7-8-9-10-11-12-13-14-16(18)15-17/h2,16,18H,1,3-15H2. The third kappa shape index (κ3) is 14.1. The van der Waals surface area contributed by atoms with Crippen LogP contribution in [0.4, 0.5) is 0 Å². The minimum atomic E-state index is -0.290. The van der Waals surface area contributed by atoms with Crippen molar-refractivity contribution in [2.45, 2.75) is 83.2 Å². The first kappa shape index (κ1) is 18.0. The summed E-state index contributed by atoms with van der Waals surface area (Å²) in [6, 6.07) is 0. The molecule has 0 aliphatic rings. The van der Waals surface area contributed by atoms with Crippen LogP contribution in [0.25, 0.3) is 0 Å². The van der Waals surface area contributed by atoms with Crippen LogP contribution in [-0.2, 0) is 0 Å². The van der Waals surface area contributed by atoms with Gasteiger partial charge in [-0.3, -0.25) is 0 Å². The normalized spacial score (nSPS) is 12.6. The molecule has 1 unspecified atom stereocenters. The van der Waals surface area contributed by atoms with Crippen LogP contribution in [0.3, 0.4) is 0 Å². The molecule has 0 saturated heterocycles. The van der Waals surface area contributed by atoms with Crippen molar-refractivity contribution < 1.29 is 5.11 Å². The number of aliphatic hydroxyl groups excluding tert-OH is 1. The molecule has 0 radical (unpaired) electrons. The third-order valence-electron chi connectivity index (χ3n) is 3.37. The van der Waals surface area contributed by atoms with Crippen LogP contribution in [0.15, 0.2) is 12.7 Å². The Morgan fingerprint density at radius 2 is 1.28 bits per heavy atom. The SMILES string of the molecule is C=CCCCCCCCCCCCCC(O)CCl. The van der Waals surface area contributed by atoms with E-state index >= 15 is 0 Å². The van der Waals surface area contributed by atoms with Crippen LogP contribution in [0.1, 0.15) is 77.0 Å². The van der Waals surface area contributed by atoms with Crippen LogP contribution in [0.5, 0.6) is 0 Å². The second-order valence-electron chi connectivity index (χ2n) is 5.21. The molecule has 0 aromatic rings. The van der Waals surface area contributed by atoms with Crippen molar-refractivity contribution in [1.29, 1.82) is 0 Å². The van der Waals surface area contributed by atoms with Crippen molar-refractivity contribution in [1.82, 2.24) is 0 Å². The number of rotatable bonds is 14. The van der Waals surface area contributed by atoms with Gasteiger partial charge in [0.1, 0.15) is 0 Å². The molecule has 1 atom stereocenters. The molecule has 0 spiro atoms. The molecule has 0 aliphatic carbocycles. The molecular weight excluding hydrogens is 244 g/mol. The molecule has 0 aromatic carbocycles. The lowest BCUT2D eigenvalue weighted by Crippen LogP contribution is -2.07. The molecule has 0 fully saturated rings. The zero-order valence-corrected chi connectivity index (χ0v) is 12.6. The molecule has 18 heavy (non-hydrogen) atoms. The van der Waals surface area contributed by atoms with Crippen LogP contribution < -0.4 is 0 Å². The minimum Gasteiger partial charge on any atom is -0.392 e. The van der Waals surface area contributed by atoms with E-state index in [9.17, 15) is 5.11 Å². The smallest absolute Gasteiger partial charge is 0.0675 e. The van der Waals surface area contributed by atoms with E-state index in [0.29, 0.717) is 5.88 Å². The average molecular weight is 275 g/mol. The summed E-state index contributed by atoms with van der Waals surface area (Å²) >= 11 is 5.54. The Morgan fingerprint density at radius 3 is 1.72 bits per heavy atom. The maximum atomic E-state index is 9.28. The van der Waals surface area contributed by atoms with E-state index in [1.807, 2.05) is 6.08 Å². The molecule has 2 heteroatoms. The number of hydrogen-bond donors (Lipinski definition) is 1. The Kier molecular flexibility index (Phi) is 15.0. The average Bonchev–Trinajstić information content (AvgIpc) is 2.39. The van der Waals surface area contributed by atoms with Crippen LogP contribution in [-0.4, -0.2) is 17.1 Å². The molecule has 0 rings (SSSR count). The number of unbranched alkanes of at least 4 members (excludes halogenated alkanes) is 10. The van der Waals surface area contributed by atoms with Gasteiger partial charge in [-0.15, -0.1) is 18.2 Å². The quantitative estimate of drug-likeness (QED) is 0.254. The molecule has 1 N–H and O–H groups in total. The minimum absolute atomic E-state index is 0.290. The van der Waals surface area contributed by atoms with Gasteiger partial charge in [0.15, 0.2) is 0 Å². The van der Waals surface area contributed by atoms with E-state index in [1.54, 1.807) is 0 Å². The second kappa shape index (κ2) is 15.0. The Labute approximate surface area is 119 Å². The molecule has 108 valence electrons. The Bertz CT molecular complexity index is 170. The largest absolute Gasteiger partial charge is 0.392 e. The van der Waals surface area contributed by atoms with Gasteiger partial charge >= 0.3 is 0 Å². The fourth-order valence-electron chi connectivity index (χ4n) is 2.16. The number of allylic oxidation sites excluding steroid dienone is 1. The topological polar surface area (TPSA) is 20.2 Å². The second-order valence-corrected chi connectivity index (χ2v) is 5.52. The highest BCUT2D eigenvalue weighted by Gasteiger charge is 2.00. The van der Waals surface area contributed by atoms with Gasteiger partial charge in [0.05, 0.1) is 6.10 Å².